The van der Waals surface area contributed by atoms with Crippen molar-refractivity contribution in [2.45, 2.75) is 76.2 Å². The lowest BCUT2D eigenvalue weighted by Crippen LogP contribution is -2.24. The number of carbonyl (C=O) groups is 1. The van der Waals surface area contributed by atoms with Gasteiger partial charge in [-0.25, -0.2) is 18.0 Å². The van der Waals surface area contributed by atoms with Crippen LogP contribution in [-0.2, 0) is 4.74 Å². The number of aliphatic hydroxyl groups excluding tert-OH is 1. The summed E-state index contributed by atoms with van der Waals surface area (Å²) in [6.07, 6.45) is 5.05. The minimum absolute atomic E-state index is 0.0102. The number of esters is 1. The van der Waals surface area contributed by atoms with Gasteiger partial charge in [-0.2, -0.15) is 0 Å². The molecule has 0 radical (unpaired) electrons. The van der Waals surface area contributed by atoms with Gasteiger partial charge >= 0.3 is 5.97 Å². The smallest absolute Gasteiger partial charge is 0.338 e. The lowest BCUT2D eigenvalue weighted by atomic mass is 9.77. The van der Waals surface area contributed by atoms with Crippen LogP contribution in [0.5, 0.6) is 5.75 Å². The second-order valence-electron chi connectivity index (χ2n) is 9.73. The van der Waals surface area contributed by atoms with Crippen LogP contribution in [0.15, 0.2) is 30.3 Å². The van der Waals surface area contributed by atoms with Crippen molar-refractivity contribution in [1.29, 1.82) is 0 Å². The van der Waals surface area contributed by atoms with Gasteiger partial charge < -0.3 is 14.6 Å². The number of aliphatic hydroxyl groups is 1. The lowest BCUT2D eigenvalue weighted by Gasteiger charge is -2.30. The third-order valence-corrected chi connectivity index (χ3v) is 7.54. The molecule has 0 aliphatic heterocycles. The fourth-order valence-electron chi connectivity index (χ4n) is 5.48. The molecule has 0 atom stereocenters. The highest BCUT2D eigenvalue weighted by Gasteiger charge is 2.30. The quantitative estimate of drug-likeness (QED) is 0.442. The van der Waals surface area contributed by atoms with Crippen LogP contribution in [0.3, 0.4) is 0 Å². The van der Waals surface area contributed by atoms with E-state index in [0.717, 1.165) is 31.7 Å². The Balaban J connectivity index is 1.34. The summed E-state index contributed by atoms with van der Waals surface area (Å²) in [6, 6.07) is 7.43. The van der Waals surface area contributed by atoms with Crippen molar-refractivity contribution in [1.82, 2.24) is 0 Å². The largest absolute Gasteiger partial charge is 0.491 e. The predicted molar refractivity (Wildman–Crippen MR) is 126 cm³/mol. The number of ether oxygens (including phenoxy) is 2. The molecule has 2 saturated carbocycles. The Morgan fingerprint density at radius 3 is 1.97 bits per heavy atom. The molecule has 190 valence electrons. The van der Waals surface area contributed by atoms with E-state index in [1.165, 1.54) is 12.1 Å². The topological polar surface area (TPSA) is 55.8 Å². The molecule has 1 N–H and O–H groups in total. The highest BCUT2D eigenvalue weighted by molar-refractivity contribution is 5.89. The highest BCUT2D eigenvalue weighted by Crippen LogP contribution is 2.41. The molecule has 4 nitrogen and oxygen atoms in total. The van der Waals surface area contributed by atoms with Gasteiger partial charge in [-0.05, 0) is 105 Å². The van der Waals surface area contributed by atoms with Crippen LogP contribution >= 0.6 is 0 Å². The number of benzene rings is 2. The summed E-state index contributed by atoms with van der Waals surface area (Å²) in [6.45, 7) is 2.22. The van der Waals surface area contributed by atoms with Gasteiger partial charge in [-0.15, -0.1) is 0 Å². The number of rotatable bonds is 7. The molecule has 0 unspecified atom stereocenters. The first-order valence-electron chi connectivity index (χ1n) is 12.6. The number of hydrogen-bond acceptors (Lipinski definition) is 4. The zero-order chi connectivity index (χ0) is 24.9. The van der Waals surface area contributed by atoms with E-state index < -0.39 is 23.4 Å². The van der Waals surface area contributed by atoms with Gasteiger partial charge in [0.05, 0.1) is 12.2 Å². The zero-order valence-electron chi connectivity index (χ0n) is 20.1. The Bertz CT molecular complexity index is 1030. The van der Waals surface area contributed by atoms with Crippen LogP contribution < -0.4 is 4.74 Å². The van der Waals surface area contributed by atoms with E-state index in [1.54, 1.807) is 19.1 Å². The standard InChI is InChI=1S/C28H33F3O4/c1-2-34-25-14-9-20(15-24(25)29)28(33)35-21-10-7-19(8-11-21)23-13-12-22(26(30)27(23)31)18-5-3-17(16-32)4-6-18/h9,12-15,17-19,21,32H,2-8,10-11,16H2,1H3. The molecule has 0 spiro atoms. The first kappa shape index (κ1) is 25.5. The third kappa shape index (κ3) is 5.83. The van der Waals surface area contributed by atoms with Crippen molar-refractivity contribution in [3.8, 4) is 5.75 Å². The van der Waals surface area contributed by atoms with E-state index in [4.69, 9.17) is 9.47 Å². The van der Waals surface area contributed by atoms with E-state index in [9.17, 15) is 18.7 Å². The lowest BCUT2D eigenvalue weighted by molar-refractivity contribution is 0.0193. The van der Waals surface area contributed by atoms with Crippen LogP contribution in [0.25, 0.3) is 0 Å². The maximum absolute atomic E-state index is 15.1. The first-order chi connectivity index (χ1) is 16.9. The predicted octanol–water partition coefficient (Wildman–Crippen LogP) is 6.65. The summed E-state index contributed by atoms with van der Waals surface area (Å²) in [5.41, 5.74) is 0.936. The highest BCUT2D eigenvalue weighted by atomic mass is 19.2. The van der Waals surface area contributed by atoms with E-state index in [0.29, 0.717) is 43.4 Å². The van der Waals surface area contributed by atoms with Crippen LogP contribution in [0.2, 0.25) is 0 Å². The van der Waals surface area contributed by atoms with Gasteiger partial charge in [0.15, 0.2) is 23.2 Å². The second-order valence-corrected chi connectivity index (χ2v) is 9.73. The molecule has 2 fully saturated rings. The average molecular weight is 491 g/mol. The van der Waals surface area contributed by atoms with E-state index in [2.05, 4.69) is 0 Å². The summed E-state index contributed by atoms with van der Waals surface area (Å²) < 4.78 is 54.8. The van der Waals surface area contributed by atoms with Crippen LogP contribution in [0, 0.1) is 23.4 Å². The first-order valence-corrected chi connectivity index (χ1v) is 12.6. The molecule has 0 amide bonds. The average Bonchev–Trinajstić information content (AvgIpc) is 2.87. The number of carbonyl (C=O) groups excluding carboxylic acids is 1. The number of hydrogen-bond donors (Lipinski definition) is 1. The second kappa shape index (κ2) is 11.5. The minimum atomic E-state index is -0.767. The molecular weight excluding hydrogens is 457 g/mol. The van der Waals surface area contributed by atoms with E-state index in [1.807, 2.05) is 0 Å². The Labute approximate surface area is 204 Å². The maximum atomic E-state index is 15.1. The maximum Gasteiger partial charge on any atom is 0.338 e. The van der Waals surface area contributed by atoms with Crippen molar-refractivity contribution in [3.05, 3.63) is 64.5 Å². The van der Waals surface area contributed by atoms with Crippen molar-refractivity contribution < 1.29 is 32.5 Å². The molecule has 4 rings (SSSR count). The van der Waals surface area contributed by atoms with Crippen molar-refractivity contribution in [2.75, 3.05) is 13.2 Å². The SMILES string of the molecule is CCOc1ccc(C(=O)OC2CCC(c3ccc(C4CCC(CO)CC4)c(F)c3F)CC2)cc1F. The summed E-state index contributed by atoms with van der Waals surface area (Å²) in [5.74, 6) is -2.54. The van der Waals surface area contributed by atoms with Crippen molar-refractivity contribution in [3.63, 3.8) is 0 Å². The van der Waals surface area contributed by atoms with E-state index in [-0.39, 0.29) is 41.8 Å². The molecule has 7 heteroatoms. The molecule has 2 aliphatic rings. The van der Waals surface area contributed by atoms with Gasteiger partial charge in [-0.1, -0.05) is 12.1 Å². The molecule has 35 heavy (non-hydrogen) atoms. The van der Waals surface area contributed by atoms with Crippen molar-refractivity contribution in [2.24, 2.45) is 5.92 Å². The van der Waals surface area contributed by atoms with Gasteiger partial charge in [0.1, 0.15) is 6.10 Å². The van der Waals surface area contributed by atoms with Crippen LogP contribution in [0.1, 0.15) is 91.6 Å². The molecule has 2 aromatic carbocycles. The van der Waals surface area contributed by atoms with Gasteiger partial charge in [0, 0.05) is 6.61 Å². The van der Waals surface area contributed by atoms with Gasteiger partial charge in [0.2, 0.25) is 0 Å². The number of halogens is 3. The third-order valence-electron chi connectivity index (χ3n) is 7.54. The molecule has 2 aromatic rings. The van der Waals surface area contributed by atoms with Crippen LogP contribution in [0.4, 0.5) is 13.2 Å². The summed E-state index contributed by atoms with van der Waals surface area (Å²) in [5, 5.41) is 9.31. The minimum Gasteiger partial charge on any atom is -0.491 e. The van der Waals surface area contributed by atoms with Gasteiger partial charge in [-0.3, -0.25) is 0 Å². The molecule has 0 heterocycles. The molecule has 0 saturated heterocycles. The van der Waals surface area contributed by atoms with Crippen molar-refractivity contribution >= 4 is 5.97 Å². The molecule has 2 aliphatic carbocycles. The fourth-order valence-corrected chi connectivity index (χ4v) is 5.48. The Morgan fingerprint density at radius 1 is 0.886 bits per heavy atom. The molecular formula is C28H33F3O4. The summed E-state index contributed by atoms with van der Waals surface area (Å²) >= 11 is 0. The Kier molecular flexibility index (Phi) is 8.37. The summed E-state index contributed by atoms with van der Waals surface area (Å²) in [4.78, 5) is 12.5. The monoisotopic (exact) mass is 490 g/mol. The molecule has 0 aromatic heterocycles. The summed E-state index contributed by atoms with van der Waals surface area (Å²) in [7, 11) is 0. The normalized spacial score (nSPS) is 24.7. The zero-order valence-corrected chi connectivity index (χ0v) is 20.1. The van der Waals surface area contributed by atoms with Gasteiger partial charge in [0.25, 0.3) is 0 Å². The fraction of sp³-hybridized carbons (Fsp3) is 0.536. The molecule has 0 bridgehead atoms. The van der Waals surface area contributed by atoms with E-state index >= 15 is 4.39 Å². The van der Waals surface area contributed by atoms with Crippen LogP contribution in [-0.4, -0.2) is 30.4 Å². The Morgan fingerprint density at radius 2 is 1.46 bits per heavy atom. The Hall–Kier alpha value is -2.54.